The van der Waals surface area contributed by atoms with Crippen LogP contribution in [0.4, 0.5) is 0 Å². The van der Waals surface area contributed by atoms with Crippen LogP contribution >= 0.6 is 0 Å². The summed E-state index contributed by atoms with van der Waals surface area (Å²) in [5.41, 5.74) is 3.06. The lowest BCUT2D eigenvalue weighted by molar-refractivity contribution is 0.643. The Kier molecular flexibility index (Phi) is 3.28. The summed E-state index contributed by atoms with van der Waals surface area (Å²) in [7, 11) is 0. The van der Waals surface area contributed by atoms with E-state index in [1.165, 1.54) is 5.56 Å². The van der Waals surface area contributed by atoms with E-state index in [4.69, 9.17) is 0 Å². The van der Waals surface area contributed by atoms with E-state index >= 15 is 0 Å². The topological polar surface area (TPSA) is 61.4 Å². The van der Waals surface area contributed by atoms with E-state index in [1.54, 1.807) is 34.4 Å². The Morgan fingerprint density at radius 1 is 0.800 bits per heavy atom. The molecule has 102 valence electrons. The van der Waals surface area contributed by atoms with E-state index in [9.17, 15) is 0 Å². The van der Waals surface area contributed by atoms with Crippen LogP contribution in [-0.2, 0) is 6.42 Å². The summed E-state index contributed by atoms with van der Waals surface area (Å²) in [4.78, 5) is 3.22. The smallest absolute Gasteiger partial charge is 0.0881 e. The van der Waals surface area contributed by atoms with Gasteiger partial charge < -0.3 is 0 Å². The molecule has 20 heavy (non-hydrogen) atoms. The lowest BCUT2D eigenvalue weighted by Gasteiger charge is -2.10. The molecule has 3 aromatic rings. The second-order valence-corrected chi connectivity index (χ2v) is 5.09. The minimum Gasteiger partial charge on any atom is -0.157 e. The lowest BCUT2D eigenvalue weighted by Crippen LogP contribution is -2.06. The summed E-state index contributed by atoms with van der Waals surface area (Å²) < 4.78 is 0. The predicted octanol–water partition coefficient (Wildman–Crippen LogP) is 2.05. The van der Waals surface area contributed by atoms with Crippen LogP contribution in [-0.4, -0.2) is 30.0 Å². The Balaban J connectivity index is 2.08. The van der Waals surface area contributed by atoms with Crippen LogP contribution in [0.25, 0.3) is 11.4 Å². The molecule has 1 aromatic carbocycles. The number of aromatic nitrogens is 6. The van der Waals surface area contributed by atoms with Crippen LogP contribution in [0.15, 0.2) is 43.0 Å². The van der Waals surface area contributed by atoms with Crippen molar-refractivity contribution >= 4 is 0 Å². The Labute approximate surface area is 117 Å². The van der Waals surface area contributed by atoms with Crippen LogP contribution in [0.1, 0.15) is 19.4 Å². The molecule has 0 bridgehead atoms. The molecule has 6 nitrogen and oxygen atoms in total. The number of nitrogens with zero attached hydrogens (tertiary/aromatic N) is 6. The molecule has 0 aliphatic heterocycles. The molecule has 0 amide bonds. The van der Waals surface area contributed by atoms with Gasteiger partial charge in [-0.2, -0.15) is 30.0 Å². The van der Waals surface area contributed by atoms with Gasteiger partial charge in [0.15, 0.2) is 0 Å². The molecule has 0 atom stereocenters. The van der Waals surface area contributed by atoms with Crippen molar-refractivity contribution in [2.75, 3.05) is 0 Å². The molecule has 0 radical (unpaired) electrons. The van der Waals surface area contributed by atoms with Crippen LogP contribution in [0.5, 0.6) is 0 Å². The number of rotatable bonds is 4. The molecule has 0 spiro atoms. The first-order valence-corrected chi connectivity index (χ1v) is 6.60. The summed E-state index contributed by atoms with van der Waals surface area (Å²) >= 11 is 0. The fraction of sp³-hybridized carbons (Fsp3) is 0.286. The average molecular weight is 268 g/mol. The number of benzene rings is 1. The fourth-order valence-corrected chi connectivity index (χ4v) is 2.17. The predicted molar refractivity (Wildman–Crippen MR) is 74.8 cm³/mol. The molecule has 3 rings (SSSR count). The molecule has 0 N–H and O–H groups in total. The maximum Gasteiger partial charge on any atom is 0.0881 e. The first-order valence-electron chi connectivity index (χ1n) is 6.60. The second-order valence-electron chi connectivity index (χ2n) is 5.09. The van der Waals surface area contributed by atoms with Gasteiger partial charge >= 0.3 is 0 Å². The highest BCUT2D eigenvalue weighted by Crippen LogP contribution is 2.18. The van der Waals surface area contributed by atoms with Crippen molar-refractivity contribution in [1.29, 1.82) is 0 Å². The molecule has 0 unspecified atom stereocenters. The summed E-state index contributed by atoms with van der Waals surface area (Å²) in [5.74, 6) is 0.578. The normalized spacial score (nSPS) is 11.2. The number of hydrogen-bond acceptors (Lipinski definition) is 4. The van der Waals surface area contributed by atoms with Crippen LogP contribution in [0.2, 0.25) is 0 Å². The maximum atomic E-state index is 4.18. The van der Waals surface area contributed by atoms with Gasteiger partial charge in [-0.1, -0.05) is 13.8 Å². The summed E-state index contributed by atoms with van der Waals surface area (Å²) in [5, 5.41) is 16.7. The van der Waals surface area contributed by atoms with E-state index in [0.717, 1.165) is 17.8 Å². The van der Waals surface area contributed by atoms with Gasteiger partial charge in [0.2, 0.25) is 0 Å². The molecule has 2 heterocycles. The first-order chi connectivity index (χ1) is 9.72. The highest BCUT2D eigenvalue weighted by atomic mass is 15.5. The fourth-order valence-electron chi connectivity index (χ4n) is 2.17. The molecular formula is C14H16N6. The standard InChI is InChI=1S/C14H16N6/c1-11(2)7-12-8-13(19-15-3-4-16-19)10-14(9-12)20-17-5-6-18-20/h3-6,8-11H,7H2,1-2H3. The monoisotopic (exact) mass is 268 g/mol. The average Bonchev–Trinajstić information content (AvgIpc) is 3.11. The molecule has 0 fully saturated rings. The minimum atomic E-state index is 0.578. The zero-order valence-corrected chi connectivity index (χ0v) is 11.5. The van der Waals surface area contributed by atoms with Crippen molar-refractivity contribution < 1.29 is 0 Å². The third-order valence-corrected chi connectivity index (χ3v) is 2.91. The van der Waals surface area contributed by atoms with Crippen LogP contribution < -0.4 is 0 Å². The van der Waals surface area contributed by atoms with Crippen LogP contribution in [0, 0.1) is 5.92 Å². The Hall–Kier alpha value is -2.50. The third-order valence-electron chi connectivity index (χ3n) is 2.91. The van der Waals surface area contributed by atoms with Crippen molar-refractivity contribution in [1.82, 2.24) is 30.0 Å². The highest BCUT2D eigenvalue weighted by molar-refractivity contribution is 5.45. The molecule has 6 heteroatoms. The highest BCUT2D eigenvalue weighted by Gasteiger charge is 2.08. The first kappa shape index (κ1) is 12.5. The zero-order chi connectivity index (χ0) is 13.9. The summed E-state index contributed by atoms with van der Waals surface area (Å²) in [6.07, 6.45) is 7.66. The Morgan fingerprint density at radius 3 is 1.65 bits per heavy atom. The number of hydrogen-bond donors (Lipinski definition) is 0. The van der Waals surface area contributed by atoms with E-state index in [-0.39, 0.29) is 0 Å². The molecule has 0 saturated carbocycles. The van der Waals surface area contributed by atoms with E-state index in [1.807, 2.05) is 6.07 Å². The second kappa shape index (κ2) is 5.24. The van der Waals surface area contributed by atoms with Crippen molar-refractivity contribution in [3.8, 4) is 11.4 Å². The van der Waals surface area contributed by atoms with Crippen molar-refractivity contribution in [3.63, 3.8) is 0 Å². The van der Waals surface area contributed by atoms with E-state index in [0.29, 0.717) is 5.92 Å². The molecule has 2 aromatic heterocycles. The summed E-state index contributed by atoms with van der Waals surface area (Å²) in [6.45, 7) is 4.40. The largest absolute Gasteiger partial charge is 0.157 e. The molecule has 0 aliphatic rings. The van der Waals surface area contributed by atoms with Gasteiger partial charge in [0, 0.05) is 0 Å². The zero-order valence-electron chi connectivity index (χ0n) is 11.5. The van der Waals surface area contributed by atoms with Gasteiger partial charge in [0.05, 0.1) is 36.2 Å². The molecule has 0 aliphatic carbocycles. The molecule has 0 saturated heterocycles. The van der Waals surface area contributed by atoms with Gasteiger partial charge in [0.1, 0.15) is 0 Å². The van der Waals surface area contributed by atoms with Gasteiger partial charge in [-0.25, -0.2) is 0 Å². The molecular weight excluding hydrogens is 252 g/mol. The Morgan fingerprint density at radius 2 is 1.25 bits per heavy atom. The van der Waals surface area contributed by atoms with Crippen LogP contribution in [0.3, 0.4) is 0 Å². The van der Waals surface area contributed by atoms with Gasteiger partial charge in [-0.05, 0) is 36.1 Å². The maximum absolute atomic E-state index is 4.18. The Bertz CT molecular complexity index is 617. The van der Waals surface area contributed by atoms with Gasteiger partial charge in [-0.15, -0.1) is 0 Å². The van der Waals surface area contributed by atoms with Crippen molar-refractivity contribution in [2.45, 2.75) is 20.3 Å². The van der Waals surface area contributed by atoms with E-state index in [2.05, 4.69) is 46.4 Å². The minimum absolute atomic E-state index is 0.578. The summed E-state index contributed by atoms with van der Waals surface area (Å²) in [6, 6.07) is 6.18. The third kappa shape index (κ3) is 2.59. The van der Waals surface area contributed by atoms with Gasteiger partial charge in [-0.3, -0.25) is 0 Å². The van der Waals surface area contributed by atoms with Gasteiger partial charge in [0.25, 0.3) is 0 Å². The quantitative estimate of drug-likeness (QED) is 0.726. The van der Waals surface area contributed by atoms with Crippen molar-refractivity contribution in [2.24, 2.45) is 5.92 Å². The SMILES string of the molecule is CC(C)Cc1cc(-n2nccn2)cc(-n2nccn2)c1. The van der Waals surface area contributed by atoms with E-state index < -0.39 is 0 Å². The lowest BCUT2D eigenvalue weighted by atomic mass is 10.0. The van der Waals surface area contributed by atoms with Crippen molar-refractivity contribution in [3.05, 3.63) is 48.5 Å².